The van der Waals surface area contributed by atoms with E-state index in [0.29, 0.717) is 36.9 Å². The minimum atomic E-state index is -0.332. The molecule has 4 heteroatoms. The van der Waals surface area contributed by atoms with Crippen LogP contribution >= 0.6 is 0 Å². The summed E-state index contributed by atoms with van der Waals surface area (Å²) in [6.07, 6.45) is 8.47. The molecule has 3 rings (SSSR count). The summed E-state index contributed by atoms with van der Waals surface area (Å²) in [4.78, 5) is 22.5. The number of hydrogen-bond acceptors (Lipinski definition) is 4. The fourth-order valence-corrected chi connectivity index (χ4v) is 5.64. The first-order valence-corrected chi connectivity index (χ1v) is 8.74. The van der Waals surface area contributed by atoms with Gasteiger partial charge in [-0.1, -0.05) is 13.2 Å². The number of esters is 2. The SMILES string of the molecule is C=CC(=O)OCCC1CCC2C3CCC(C3COC(=O)C=C)C12. The van der Waals surface area contributed by atoms with Crippen molar-refractivity contribution in [2.75, 3.05) is 13.2 Å². The highest BCUT2D eigenvalue weighted by atomic mass is 16.5. The first-order valence-electron chi connectivity index (χ1n) is 8.74. The Bertz CT molecular complexity index is 498. The highest BCUT2D eigenvalue weighted by molar-refractivity contribution is 5.81. The molecule has 3 saturated carbocycles. The summed E-state index contributed by atoms with van der Waals surface area (Å²) in [6, 6.07) is 0. The largest absolute Gasteiger partial charge is 0.463 e. The molecule has 0 heterocycles. The van der Waals surface area contributed by atoms with E-state index in [1.807, 2.05) is 0 Å². The topological polar surface area (TPSA) is 52.6 Å². The Morgan fingerprint density at radius 2 is 1.57 bits per heavy atom. The third-order valence-electron chi connectivity index (χ3n) is 6.37. The maximum absolute atomic E-state index is 11.4. The van der Waals surface area contributed by atoms with Gasteiger partial charge in [0.2, 0.25) is 0 Å². The second-order valence-corrected chi connectivity index (χ2v) is 7.14. The van der Waals surface area contributed by atoms with Crippen molar-refractivity contribution in [2.45, 2.75) is 32.1 Å². The van der Waals surface area contributed by atoms with Crippen LogP contribution < -0.4 is 0 Å². The highest BCUT2D eigenvalue weighted by Crippen LogP contribution is 2.64. The van der Waals surface area contributed by atoms with Crippen LogP contribution in [0.1, 0.15) is 32.1 Å². The molecule has 0 radical (unpaired) electrons. The molecule has 0 N–H and O–H groups in total. The van der Waals surface area contributed by atoms with E-state index in [1.165, 1.54) is 37.8 Å². The number of carbonyl (C=O) groups is 2. The lowest BCUT2D eigenvalue weighted by Crippen LogP contribution is -2.24. The Balaban J connectivity index is 1.56. The number of fused-ring (bicyclic) bond motifs is 5. The monoisotopic (exact) mass is 318 g/mol. The molecule has 126 valence electrons. The van der Waals surface area contributed by atoms with E-state index in [-0.39, 0.29) is 11.9 Å². The van der Waals surface area contributed by atoms with Gasteiger partial charge in [0.15, 0.2) is 0 Å². The summed E-state index contributed by atoms with van der Waals surface area (Å²) in [5, 5.41) is 0. The first-order chi connectivity index (χ1) is 11.2. The van der Waals surface area contributed by atoms with Gasteiger partial charge in [-0.15, -0.1) is 0 Å². The quantitative estimate of drug-likeness (QED) is 0.534. The summed E-state index contributed by atoms with van der Waals surface area (Å²) < 4.78 is 10.5. The number of ether oxygens (including phenoxy) is 2. The molecular formula is C19H26O4. The molecule has 0 spiro atoms. The van der Waals surface area contributed by atoms with E-state index >= 15 is 0 Å². The van der Waals surface area contributed by atoms with Crippen LogP contribution in [-0.4, -0.2) is 25.2 Å². The van der Waals surface area contributed by atoms with Gasteiger partial charge in [-0.2, -0.15) is 0 Å². The maximum atomic E-state index is 11.4. The predicted molar refractivity (Wildman–Crippen MR) is 86.3 cm³/mol. The van der Waals surface area contributed by atoms with Gasteiger partial charge in [0.05, 0.1) is 13.2 Å². The second kappa shape index (κ2) is 6.90. The number of rotatable bonds is 7. The predicted octanol–water partition coefficient (Wildman–Crippen LogP) is 3.13. The van der Waals surface area contributed by atoms with Crippen LogP contribution in [0.2, 0.25) is 0 Å². The average molecular weight is 318 g/mol. The standard InChI is InChI=1S/C19H26O4/c1-3-17(20)22-10-9-12-5-6-14-13-7-8-15(19(12)14)16(13)11-23-18(21)4-2/h3-4,12-16,19H,1-2,5-11H2. The van der Waals surface area contributed by atoms with Crippen molar-refractivity contribution in [3.05, 3.63) is 25.3 Å². The van der Waals surface area contributed by atoms with Crippen LogP contribution in [0.25, 0.3) is 0 Å². The molecule has 0 aliphatic heterocycles. The van der Waals surface area contributed by atoms with Crippen LogP contribution in [0.4, 0.5) is 0 Å². The van der Waals surface area contributed by atoms with Gasteiger partial charge < -0.3 is 9.47 Å². The lowest BCUT2D eigenvalue weighted by Gasteiger charge is -2.29. The van der Waals surface area contributed by atoms with Crippen LogP contribution in [0, 0.1) is 35.5 Å². The summed E-state index contributed by atoms with van der Waals surface area (Å²) >= 11 is 0. The fourth-order valence-electron chi connectivity index (χ4n) is 5.64. The van der Waals surface area contributed by atoms with Crippen molar-refractivity contribution >= 4 is 11.9 Å². The lowest BCUT2D eigenvalue weighted by atomic mass is 9.77. The van der Waals surface area contributed by atoms with Gasteiger partial charge in [-0.05, 0) is 67.6 Å². The Morgan fingerprint density at radius 3 is 2.30 bits per heavy atom. The van der Waals surface area contributed by atoms with Gasteiger partial charge in [0.1, 0.15) is 0 Å². The van der Waals surface area contributed by atoms with E-state index in [0.717, 1.165) is 18.3 Å². The fraction of sp³-hybridized carbons (Fsp3) is 0.684. The van der Waals surface area contributed by atoms with Crippen LogP contribution in [0.15, 0.2) is 25.3 Å². The normalized spacial score (nSPS) is 37.2. The molecule has 0 aromatic carbocycles. The Morgan fingerprint density at radius 1 is 0.913 bits per heavy atom. The molecule has 0 amide bonds. The Hall–Kier alpha value is -1.58. The lowest BCUT2D eigenvalue weighted by molar-refractivity contribution is -0.139. The second-order valence-electron chi connectivity index (χ2n) is 7.14. The van der Waals surface area contributed by atoms with Crippen molar-refractivity contribution in [3.8, 4) is 0 Å². The molecule has 0 aromatic rings. The van der Waals surface area contributed by atoms with E-state index in [2.05, 4.69) is 13.2 Å². The minimum absolute atomic E-state index is 0.311. The minimum Gasteiger partial charge on any atom is -0.463 e. The zero-order valence-electron chi connectivity index (χ0n) is 13.6. The molecule has 3 fully saturated rings. The van der Waals surface area contributed by atoms with Gasteiger partial charge in [-0.3, -0.25) is 0 Å². The summed E-state index contributed by atoms with van der Waals surface area (Å²) in [7, 11) is 0. The molecule has 6 unspecified atom stereocenters. The third kappa shape index (κ3) is 3.08. The highest BCUT2D eigenvalue weighted by Gasteiger charge is 2.58. The van der Waals surface area contributed by atoms with Crippen molar-refractivity contribution in [3.63, 3.8) is 0 Å². The van der Waals surface area contributed by atoms with Gasteiger partial charge in [0, 0.05) is 12.2 Å². The smallest absolute Gasteiger partial charge is 0.330 e. The Kier molecular flexibility index (Phi) is 4.88. The summed E-state index contributed by atoms with van der Waals surface area (Å²) in [5.41, 5.74) is 0. The zero-order chi connectivity index (χ0) is 16.4. The zero-order valence-corrected chi connectivity index (χ0v) is 13.6. The molecule has 0 aromatic heterocycles. The Labute approximate surface area is 137 Å². The molecule has 4 nitrogen and oxygen atoms in total. The average Bonchev–Trinajstić information content (AvgIpc) is 3.23. The first kappa shape index (κ1) is 16.3. The molecule has 3 aliphatic carbocycles. The maximum Gasteiger partial charge on any atom is 0.330 e. The van der Waals surface area contributed by atoms with Gasteiger partial charge in [-0.25, -0.2) is 9.59 Å². The third-order valence-corrected chi connectivity index (χ3v) is 6.37. The van der Waals surface area contributed by atoms with Crippen molar-refractivity contribution < 1.29 is 19.1 Å². The molecular weight excluding hydrogens is 292 g/mol. The van der Waals surface area contributed by atoms with Crippen molar-refractivity contribution in [1.82, 2.24) is 0 Å². The molecule has 3 aliphatic rings. The molecule has 6 atom stereocenters. The number of carbonyl (C=O) groups excluding carboxylic acids is 2. The van der Waals surface area contributed by atoms with Gasteiger partial charge >= 0.3 is 11.9 Å². The van der Waals surface area contributed by atoms with Crippen LogP contribution in [0.5, 0.6) is 0 Å². The summed E-state index contributed by atoms with van der Waals surface area (Å²) in [5.74, 6) is 3.41. The van der Waals surface area contributed by atoms with Crippen molar-refractivity contribution in [2.24, 2.45) is 35.5 Å². The van der Waals surface area contributed by atoms with E-state index in [9.17, 15) is 9.59 Å². The van der Waals surface area contributed by atoms with Crippen LogP contribution in [0.3, 0.4) is 0 Å². The number of hydrogen-bond donors (Lipinski definition) is 0. The van der Waals surface area contributed by atoms with E-state index < -0.39 is 0 Å². The van der Waals surface area contributed by atoms with Crippen LogP contribution in [-0.2, 0) is 19.1 Å². The molecule has 23 heavy (non-hydrogen) atoms. The summed E-state index contributed by atoms with van der Waals surface area (Å²) in [6.45, 7) is 7.92. The molecule has 0 saturated heterocycles. The van der Waals surface area contributed by atoms with E-state index in [1.54, 1.807) is 0 Å². The van der Waals surface area contributed by atoms with Gasteiger partial charge in [0.25, 0.3) is 0 Å². The van der Waals surface area contributed by atoms with E-state index in [4.69, 9.17) is 9.47 Å². The molecule has 2 bridgehead atoms. The van der Waals surface area contributed by atoms with Crippen molar-refractivity contribution in [1.29, 1.82) is 0 Å².